The van der Waals surface area contributed by atoms with Crippen LogP contribution in [0.3, 0.4) is 0 Å². The van der Waals surface area contributed by atoms with Crippen LogP contribution in [0.15, 0.2) is 48.5 Å². The van der Waals surface area contributed by atoms with Gasteiger partial charge in [0.2, 0.25) is 5.91 Å². The quantitative estimate of drug-likeness (QED) is 0.382. The molecule has 1 saturated carbocycles. The molecule has 1 saturated heterocycles. The normalized spacial score (nSPS) is 21.2. The summed E-state index contributed by atoms with van der Waals surface area (Å²) in [6, 6.07) is 13.5. The second-order valence-electron chi connectivity index (χ2n) is 9.72. The van der Waals surface area contributed by atoms with E-state index in [0.717, 1.165) is 38.1 Å². The van der Waals surface area contributed by atoms with Crippen molar-refractivity contribution >= 4 is 23.0 Å². The molecule has 1 aliphatic carbocycles. The summed E-state index contributed by atoms with van der Waals surface area (Å²) in [6.07, 6.45) is 0.0162. The molecule has 2 aliphatic rings. The number of rotatable bonds is 7. The molecule has 2 aromatic rings. The number of anilines is 3. The predicted octanol–water partition coefficient (Wildman–Crippen LogP) is 5.29. The van der Waals surface area contributed by atoms with Crippen LogP contribution in [0.5, 0.6) is 0 Å². The third-order valence-corrected chi connectivity index (χ3v) is 7.29. The molecule has 4 N–H and O–H groups in total. The number of hydrogen-bond acceptors (Lipinski definition) is 6. The monoisotopic (exact) mass is 506 g/mol. The molecule has 0 spiro atoms. The van der Waals surface area contributed by atoms with Crippen LogP contribution >= 0.6 is 0 Å². The van der Waals surface area contributed by atoms with Gasteiger partial charge in [-0.25, -0.2) is 0 Å². The molecule has 0 bridgehead atoms. The number of halogens is 3. The summed E-state index contributed by atoms with van der Waals surface area (Å²) >= 11 is 0. The van der Waals surface area contributed by atoms with Crippen molar-refractivity contribution < 1.29 is 28.4 Å². The molecule has 0 unspecified atom stereocenters. The second kappa shape index (κ2) is 11.4. The van der Waals surface area contributed by atoms with Crippen molar-refractivity contribution in [1.82, 2.24) is 5.32 Å². The average molecular weight is 507 g/mol. The summed E-state index contributed by atoms with van der Waals surface area (Å²) in [5, 5.41) is 23.9. The minimum absolute atomic E-state index is 0.0531. The van der Waals surface area contributed by atoms with E-state index in [4.69, 9.17) is 10.4 Å². The first-order valence-electron chi connectivity index (χ1n) is 12.4. The van der Waals surface area contributed by atoms with E-state index in [1.54, 1.807) is 0 Å². The second-order valence-corrected chi connectivity index (χ2v) is 9.72. The van der Waals surface area contributed by atoms with Crippen molar-refractivity contribution in [3.05, 3.63) is 54.1 Å². The minimum atomic E-state index is -4.73. The lowest BCUT2D eigenvalue weighted by Crippen LogP contribution is -2.41. The van der Waals surface area contributed by atoms with Gasteiger partial charge in [0, 0.05) is 43.0 Å². The zero-order chi connectivity index (χ0) is 25.7. The van der Waals surface area contributed by atoms with Gasteiger partial charge in [-0.2, -0.15) is 13.2 Å². The van der Waals surface area contributed by atoms with Crippen LogP contribution in [0.1, 0.15) is 44.1 Å². The number of amides is 1. The molecule has 0 radical (unpaired) electrons. The molecule has 1 aliphatic heterocycles. The highest BCUT2D eigenvalue weighted by Gasteiger charge is 2.36. The van der Waals surface area contributed by atoms with Crippen molar-refractivity contribution in [2.45, 2.75) is 50.7 Å². The summed E-state index contributed by atoms with van der Waals surface area (Å²) < 4.78 is 39.9. The van der Waals surface area contributed by atoms with Gasteiger partial charge in [0.1, 0.15) is 5.69 Å². The summed E-state index contributed by atoms with van der Waals surface area (Å²) in [4.78, 5) is 15.1. The maximum Gasteiger partial charge on any atom is 0.418 e. The van der Waals surface area contributed by atoms with Crippen LogP contribution in [-0.4, -0.2) is 42.0 Å². The van der Waals surface area contributed by atoms with Crippen LogP contribution in [0.25, 0.3) is 0 Å². The van der Waals surface area contributed by atoms with E-state index in [-0.39, 0.29) is 23.6 Å². The lowest BCUT2D eigenvalue weighted by molar-refractivity contribution is -0.138. The SMILES string of the molecule is O=C(NCC1CCN(c2ccccc2)CC1)C1CCC(Nc2ccc(N(O)O)c(C(F)(F)F)c2)CC1. The van der Waals surface area contributed by atoms with Crippen molar-refractivity contribution in [3.8, 4) is 0 Å². The Kier molecular flexibility index (Phi) is 8.25. The molecule has 0 aromatic heterocycles. The van der Waals surface area contributed by atoms with E-state index in [2.05, 4.69) is 27.7 Å². The number of benzene rings is 2. The molecular formula is C26H33F3N4O3. The zero-order valence-electron chi connectivity index (χ0n) is 20.0. The van der Waals surface area contributed by atoms with E-state index >= 15 is 0 Å². The topological polar surface area (TPSA) is 88.1 Å². The van der Waals surface area contributed by atoms with E-state index in [0.29, 0.717) is 38.1 Å². The lowest BCUT2D eigenvalue weighted by Gasteiger charge is -2.34. The van der Waals surface area contributed by atoms with Crippen molar-refractivity contribution in [3.63, 3.8) is 0 Å². The fraction of sp³-hybridized carbons (Fsp3) is 0.500. The van der Waals surface area contributed by atoms with Gasteiger partial charge < -0.3 is 15.5 Å². The van der Waals surface area contributed by atoms with Crippen molar-refractivity contribution in [1.29, 1.82) is 0 Å². The first-order valence-corrected chi connectivity index (χ1v) is 12.4. The van der Waals surface area contributed by atoms with Gasteiger partial charge in [-0.3, -0.25) is 15.2 Å². The molecule has 7 nitrogen and oxygen atoms in total. The Morgan fingerprint density at radius 1 is 0.972 bits per heavy atom. The zero-order valence-corrected chi connectivity index (χ0v) is 20.0. The Bertz CT molecular complexity index is 1000. The van der Waals surface area contributed by atoms with Crippen LogP contribution in [0.4, 0.5) is 30.2 Å². The predicted molar refractivity (Wildman–Crippen MR) is 131 cm³/mol. The fourth-order valence-electron chi connectivity index (χ4n) is 5.19. The smallest absolute Gasteiger partial charge is 0.382 e. The summed E-state index contributed by atoms with van der Waals surface area (Å²) in [5.74, 6) is 0.443. The van der Waals surface area contributed by atoms with Gasteiger partial charge in [0.15, 0.2) is 0 Å². The van der Waals surface area contributed by atoms with Crippen molar-refractivity contribution in [2.75, 3.05) is 35.1 Å². The van der Waals surface area contributed by atoms with Gasteiger partial charge in [0.05, 0.1) is 5.56 Å². The van der Waals surface area contributed by atoms with E-state index in [1.807, 2.05) is 18.2 Å². The maximum atomic E-state index is 13.3. The molecule has 10 heteroatoms. The Labute approximate surface area is 208 Å². The largest absolute Gasteiger partial charge is 0.418 e. The van der Waals surface area contributed by atoms with E-state index in [1.165, 1.54) is 11.8 Å². The van der Waals surface area contributed by atoms with Crippen LogP contribution in [0, 0.1) is 11.8 Å². The Hall–Kier alpha value is -2.98. The first-order chi connectivity index (χ1) is 17.2. The molecule has 2 fully saturated rings. The van der Waals surface area contributed by atoms with Gasteiger partial charge in [-0.15, -0.1) is 5.23 Å². The number of piperidine rings is 1. The van der Waals surface area contributed by atoms with Gasteiger partial charge in [0.25, 0.3) is 0 Å². The van der Waals surface area contributed by atoms with Crippen LogP contribution < -0.4 is 20.8 Å². The van der Waals surface area contributed by atoms with Crippen molar-refractivity contribution in [2.24, 2.45) is 11.8 Å². The van der Waals surface area contributed by atoms with Crippen LogP contribution in [-0.2, 0) is 11.0 Å². The third-order valence-electron chi connectivity index (χ3n) is 7.29. The molecule has 36 heavy (non-hydrogen) atoms. The highest BCUT2D eigenvalue weighted by Crippen LogP contribution is 2.38. The molecule has 0 atom stereocenters. The molecule has 4 rings (SSSR count). The minimum Gasteiger partial charge on any atom is -0.382 e. The molecule has 196 valence electrons. The van der Waals surface area contributed by atoms with Gasteiger partial charge in [-0.05, 0) is 74.8 Å². The van der Waals surface area contributed by atoms with Gasteiger partial charge >= 0.3 is 6.18 Å². The lowest BCUT2D eigenvalue weighted by atomic mass is 9.85. The molecule has 1 amide bonds. The molecule has 1 heterocycles. The number of alkyl halides is 3. The molecule has 2 aromatic carbocycles. The third kappa shape index (κ3) is 6.61. The number of nitrogens with zero attached hydrogens (tertiary/aromatic N) is 2. The summed E-state index contributed by atoms with van der Waals surface area (Å²) in [7, 11) is 0. The Morgan fingerprint density at radius 3 is 2.25 bits per heavy atom. The number of hydrogen-bond donors (Lipinski definition) is 4. The number of carbonyl (C=O) groups excluding carboxylic acids is 1. The summed E-state index contributed by atoms with van der Waals surface area (Å²) in [5.41, 5.74) is -0.387. The molecular weight excluding hydrogens is 473 g/mol. The number of carbonyl (C=O) groups is 1. The van der Waals surface area contributed by atoms with Gasteiger partial charge in [-0.1, -0.05) is 18.2 Å². The van der Waals surface area contributed by atoms with Crippen LogP contribution in [0.2, 0.25) is 0 Å². The highest BCUT2D eigenvalue weighted by molar-refractivity contribution is 5.78. The number of nitrogens with one attached hydrogen (secondary N) is 2. The fourth-order valence-corrected chi connectivity index (χ4v) is 5.19. The first kappa shape index (κ1) is 26.1. The standard InChI is InChI=1S/C26H33F3N4O3/c27-26(28,29)23-16-21(10-11-24(23)33(35)36)31-20-8-6-19(7-9-20)25(34)30-17-18-12-14-32(15-13-18)22-4-2-1-3-5-22/h1-5,10-11,16,18-20,31,35-36H,6-9,12-15,17H2,(H,30,34). The Morgan fingerprint density at radius 2 is 1.64 bits per heavy atom. The van der Waals surface area contributed by atoms with E-state index < -0.39 is 22.7 Å². The highest BCUT2D eigenvalue weighted by atomic mass is 19.4. The number of para-hydroxylation sites is 1. The summed E-state index contributed by atoms with van der Waals surface area (Å²) in [6.45, 7) is 2.64. The van der Waals surface area contributed by atoms with E-state index in [9.17, 15) is 18.0 Å². The Balaban J connectivity index is 1.20. The average Bonchev–Trinajstić information content (AvgIpc) is 2.88. The maximum absolute atomic E-state index is 13.3.